The van der Waals surface area contributed by atoms with Crippen LogP contribution in [0.15, 0.2) is 48.1 Å². The molecule has 0 spiro atoms. The Morgan fingerprint density at radius 2 is 2.15 bits per heavy atom. The van der Waals surface area contributed by atoms with Crippen LogP contribution in [-0.2, 0) is 17.8 Å². The van der Waals surface area contributed by atoms with Gasteiger partial charge in [0.25, 0.3) is 5.91 Å². The van der Waals surface area contributed by atoms with Crippen molar-refractivity contribution in [3.8, 4) is 0 Å². The zero-order valence-electron chi connectivity index (χ0n) is 16.0. The fraction of sp³-hybridized carbons (Fsp3) is 0.333. The molecule has 3 rings (SSSR count). The number of imidazole rings is 1. The quantitative estimate of drug-likeness (QED) is 0.593. The van der Waals surface area contributed by atoms with Gasteiger partial charge in [-0.2, -0.15) is 0 Å². The van der Waals surface area contributed by atoms with Crippen molar-refractivity contribution in [2.24, 2.45) is 0 Å². The summed E-state index contributed by atoms with van der Waals surface area (Å²) in [5, 5.41) is 1.92. The predicted molar refractivity (Wildman–Crippen MR) is 108 cm³/mol. The second-order valence-corrected chi connectivity index (χ2v) is 7.55. The minimum absolute atomic E-state index is 0.0170. The number of rotatable bonds is 8. The number of hydrogen-bond acceptors (Lipinski definition) is 4. The highest BCUT2D eigenvalue weighted by atomic mass is 32.1. The van der Waals surface area contributed by atoms with Crippen molar-refractivity contribution in [3.63, 3.8) is 0 Å². The number of ether oxygens (including phenoxy) is 1. The molecule has 1 amide bonds. The summed E-state index contributed by atoms with van der Waals surface area (Å²) >= 11 is 1.46. The standard InChI is InChI=1S/C21H25N3O2S/c1-16-6-7-17(2)18(13-16)14-23-9-8-22-20(23)15-24(10-11-26-3)21(25)19-5-4-12-27-19/h4-9,12-13H,10-11,14-15H2,1-3H3. The first-order chi connectivity index (χ1) is 13.1. The van der Waals surface area contributed by atoms with E-state index in [0.717, 1.165) is 17.2 Å². The van der Waals surface area contributed by atoms with Crippen LogP contribution in [0, 0.1) is 13.8 Å². The van der Waals surface area contributed by atoms with Crippen LogP contribution in [0.1, 0.15) is 32.2 Å². The van der Waals surface area contributed by atoms with Crippen LogP contribution in [0.5, 0.6) is 0 Å². The number of amides is 1. The summed E-state index contributed by atoms with van der Waals surface area (Å²) in [5.74, 6) is 0.889. The van der Waals surface area contributed by atoms with Gasteiger partial charge in [0, 0.05) is 32.6 Å². The van der Waals surface area contributed by atoms with E-state index in [-0.39, 0.29) is 5.91 Å². The molecular formula is C21H25N3O2S. The van der Waals surface area contributed by atoms with E-state index >= 15 is 0 Å². The Kier molecular flexibility index (Phi) is 6.42. The number of nitrogens with zero attached hydrogens (tertiary/aromatic N) is 3. The third kappa shape index (κ3) is 4.84. The van der Waals surface area contributed by atoms with Gasteiger partial charge in [-0.25, -0.2) is 4.98 Å². The van der Waals surface area contributed by atoms with E-state index in [9.17, 15) is 4.79 Å². The lowest BCUT2D eigenvalue weighted by Crippen LogP contribution is -2.34. The van der Waals surface area contributed by atoms with Crippen molar-refractivity contribution in [2.45, 2.75) is 26.9 Å². The first-order valence-corrected chi connectivity index (χ1v) is 9.84. The molecule has 2 heterocycles. The highest BCUT2D eigenvalue weighted by molar-refractivity contribution is 7.12. The van der Waals surface area contributed by atoms with Crippen LogP contribution in [0.3, 0.4) is 0 Å². The fourth-order valence-electron chi connectivity index (χ4n) is 2.97. The van der Waals surface area contributed by atoms with Gasteiger partial charge in [-0.15, -0.1) is 11.3 Å². The molecule has 3 aromatic rings. The monoisotopic (exact) mass is 383 g/mol. The van der Waals surface area contributed by atoms with E-state index in [0.29, 0.717) is 19.7 Å². The maximum absolute atomic E-state index is 12.9. The number of aryl methyl sites for hydroxylation is 2. The molecule has 142 valence electrons. The van der Waals surface area contributed by atoms with Gasteiger partial charge in [-0.1, -0.05) is 29.8 Å². The maximum Gasteiger partial charge on any atom is 0.264 e. The average Bonchev–Trinajstić information content (AvgIpc) is 3.33. The lowest BCUT2D eigenvalue weighted by Gasteiger charge is -2.22. The molecule has 1 aromatic carbocycles. The summed E-state index contributed by atoms with van der Waals surface area (Å²) in [6, 6.07) is 10.2. The Bertz CT molecular complexity index is 887. The molecule has 0 atom stereocenters. The molecule has 0 fully saturated rings. The van der Waals surface area contributed by atoms with Gasteiger partial charge in [-0.05, 0) is 36.4 Å². The van der Waals surface area contributed by atoms with Crippen LogP contribution in [-0.4, -0.2) is 40.6 Å². The first kappa shape index (κ1) is 19.3. The Hall–Kier alpha value is -2.44. The molecule has 0 aliphatic carbocycles. The summed E-state index contributed by atoms with van der Waals surface area (Å²) in [5.41, 5.74) is 3.76. The van der Waals surface area contributed by atoms with Crippen LogP contribution in [0.4, 0.5) is 0 Å². The molecule has 0 saturated heterocycles. The van der Waals surface area contributed by atoms with E-state index in [1.54, 1.807) is 18.2 Å². The highest BCUT2D eigenvalue weighted by Crippen LogP contribution is 2.16. The molecule has 0 N–H and O–H groups in total. The Morgan fingerprint density at radius 1 is 1.30 bits per heavy atom. The Morgan fingerprint density at radius 3 is 2.89 bits per heavy atom. The number of hydrogen-bond donors (Lipinski definition) is 0. The summed E-state index contributed by atoms with van der Waals surface area (Å²) < 4.78 is 7.31. The average molecular weight is 384 g/mol. The van der Waals surface area contributed by atoms with Gasteiger partial charge in [0.15, 0.2) is 0 Å². The lowest BCUT2D eigenvalue weighted by molar-refractivity contribution is 0.0678. The van der Waals surface area contributed by atoms with Crippen molar-refractivity contribution in [3.05, 3.63) is 75.5 Å². The second kappa shape index (κ2) is 8.97. The third-order valence-electron chi connectivity index (χ3n) is 4.56. The minimum Gasteiger partial charge on any atom is -0.383 e. The van der Waals surface area contributed by atoms with Gasteiger partial charge in [0.2, 0.25) is 0 Å². The van der Waals surface area contributed by atoms with Gasteiger partial charge < -0.3 is 14.2 Å². The van der Waals surface area contributed by atoms with Crippen molar-refractivity contribution >= 4 is 17.2 Å². The molecule has 0 saturated carbocycles. The minimum atomic E-state index is 0.0170. The maximum atomic E-state index is 12.9. The first-order valence-electron chi connectivity index (χ1n) is 8.96. The SMILES string of the molecule is COCCN(Cc1nccn1Cc1cc(C)ccc1C)C(=O)c1cccs1. The van der Waals surface area contributed by atoms with Crippen LogP contribution < -0.4 is 0 Å². The normalized spacial score (nSPS) is 10.9. The third-order valence-corrected chi connectivity index (χ3v) is 5.42. The molecule has 0 unspecified atom stereocenters. The number of aromatic nitrogens is 2. The summed E-state index contributed by atoms with van der Waals surface area (Å²) in [4.78, 5) is 19.9. The van der Waals surface area contributed by atoms with Crippen LogP contribution >= 0.6 is 11.3 Å². The molecule has 0 aliphatic rings. The summed E-state index contributed by atoms with van der Waals surface area (Å²) in [6.45, 7) is 6.45. The predicted octanol–water partition coefficient (Wildman–Crippen LogP) is 3.90. The molecular weight excluding hydrogens is 358 g/mol. The molecule has 27 heavy (non-hydrogen) atoms. The molecule has 6 heteroatoms. The van der Waals surface area contributed by atoms with Gasteiger partial charge in [0.1, 0.15) is 5.82 Å². The highest BCUT2D eigenvalue weighted by Gasteiger charge is 2.19. The fourth-order valence-corrected chi connectivity index (χ4v) is 3.66. The number of methoxy groups -OCH3 is 1. The van der Waals surface area contributed by atoms with Crippen molar-refractivity contribution < 1.29 is 9.53 Å². The van der Waals surface area contributed by atoms with Crippen LogP contribution in [0.25, 0.3) is 0 Å². The summed E-state index contributed by atoms with van der Waals surface area (Å²) in [7, 11) is 1.65. The molecule has 0 bridgehead atoms. The van der Waals surface area contributed by atoms with E-state index in [1.807, 2.05) is 23.7 Å². The van der Waals surface area contributed by atoms with Crippen molar-refractivity contribution in [1.82, 2.24) is 14.5 Å². The van der Waals surface area contributed by atoms with E-state index in [4.69, 9.17) is 4.74 Å². The van der Waals surface area contributed by atoms with Crippen molar-refractivity contribution in [1.29, 1.82) is 0 Å². The van der Waals surface area contributed by atoms with Crippen molar-refractivity contribution in [2.75, 3.05) is 20.3 Å². The van der Waals surface area contributed by atoms with Gasteiger partial charge in [-0.3, -0.25) is 4.79 Å². The zero-order valence-corrected chi connectivity index (χ0v) is 16.8. The Balaban J connectivity index is 1.80. The second-order valence-electron chi connectivity index (χ2n) is 6.60. The lowest BCUT2D eigenvalue weighted by atomic mass is 10.1. The molecule has 2 aromatic heterocycles. The number of benzene rings is 1. The van der Waals surface area contributed by atoms with E-state index < -0.39 is 0 Å². The largest absolute Gasteiger partial charge is 0.383 e. The molecule has 0 aliphatic heterocycles. The summed E-state index contributed by atoms with van der Waals surface area (Å²) in [6.07, 6.45) is 3.77. The number of thiophene rings is 1. The van der Waals surface area contributed by atoms with E-state index in [1.165, 1.54) is 28.0 Å². The molecule has 5 nitrogen and oxygen atoms in total. The molecule has 0 radical (unpaired) electrons. The van der Waals surface area contributed by atoms with Crippen LogP contribution in [0.2, 0.25) is 0 Å². The number of carbonyl (C=O) groups excluding carboxylic acids is 1. The number of carbonyl (C=O) groups is 1. The van der Waals surface area contributed by atoms with Gasteiger partial charge in [0.05, 0.1) is 18.0 Å². The Labute approximate surface area is 164 Å². The van der Waals surface area contributed by atoms with Gasteiger partial charge >= 0.3 is 0 Å². The van der Waals surface area contributed by atoms with E-state index in [2.05, 4.69) is 41.6 Å². The topological polar surface area (TPSA) is 47.4 Å². The zero-order chi connectivity index (χ0) is 19.2. The smallest absolute Gasteiger partial charge is 0.264 e.